The van der Waals surface area contributed by atoms with Crippen molar-refractivity contribution in [3.8, 4) is 0 Å². The summed E-state index contributed by atoms with van der Waals surface area (Å²) in [6.45, 7) is 7.34. The predicted octanol–water partition coefficient (Wildman–Crippen LogP) is 3.86. The molecule has 0 amide bonds. The molecule has 1 aliphatic carbocycles. The molecule has 0 spiro atoms. The second kappa shape index (κ2) is 7.13. The minimum absolute atomic E-state index is 0.0331. The van der Waals surface area contributed by atoms with Gasteiger partial charge < -0.3 is 4.57 Å². The molecule has 0 N–H and O–H groups in total. The van der Waals surface area contributed by atoms with Crippen LogP contribution in [0.5, 0.6) is 0 Å². The van der Waals surface area contributed by atoms with Gasteiger partial charge in [-0.3, -0.25) is 9.36 Å². The SMILES string of the molecule is Cc1nc2n(C)c3ncn(CC4CCCCC4)c3c(=O)n2c1CCC(C)C. The number of hydrogen-bond acceptors (Lipinski definition) is 3. The van der Waals surface area contributed by atoms with Gasteiger partial charge in [0, 0.05) is 13.6 Å². The Kier molecular flexibility index (Phi) is 4.82. The summed E-state index contributed by atoms with van der Waals surface area (Å²) in [5, 5.41) is 0. The normalized spacial score (nSPS) is 16.2. The Bertz CT molecular complexity index is 1020. The smallest absolute Gasteiger partial charge is 0.285 e. The molecular formula is C21H31N5O. The Morgan fingerprint density at radius 1 is 1.22 bits per heavy atom. The Morgan fingerprint density at radius 3 is 2.67 bits per heavy atom. The van der Waals surface area contributed by atoms with Crippen molar-refractivity contribution in [2.75, 3.05) is 0 Å². The molecule has 146 valence electrons. The lowest BCUT2D eigenvalue weighted by molar-refractivity contribution is 0.322. The van der Waals surface area contributed by atoms with E-state index >= 15 is 0 Å². The molecule has 6 nitrogen and oxygen atoms in total. The first-order valence-corrected chi connectivity index (χ1v) is 10.4. The van der Waals surface area contributed by atoms with Crippen molar-refractivity contribution in [1.82, 2.24) is 23.5 Å². The number of fused-ring (bicyclic) bond motifs is 2. The molecule has 0 aliphatic heterocycles. The van der Waals surface area contributed by atoms with E-state index in [1.165, 1.54) is 32.1 Å². The number of imidazole rings is 2. The van der Waals surface area contributed by atoms with Gasteiger partial charge in [-0.15, -0.1) is 0 Å². The van der Waals surface area contributed by atoms with Gasteiger partial charge in [-0.2, -0.15) is 0 Å². The topological polar surface area (TPSA) is 57.1 Å². The zero-order chi connectivity index (χ0) is 19.1. The summed E-state index contributed by atoms with van der Waals surface area (Å²) in [5.41, 5.74) is 3.50. The third-order valence-electron chi connectivity index (χ3n) is 6.14. The van der Waals surface area contributed by atoms with Gasteiger partial charge in [0.2, 0.25) is 5.78 Å². The van der Waals surface area contributed by atoms with Gasteiger partial charge in [-0.25, -0.2) is 14.4 Å². The highest BCUT2D eigenvalue weighted by molar-refractivity contribution is 5.73. The van der Waals surface area contributed by atoms with E-state index in [1.54, 1.807) is 0 Å². The van der Waals surface area contributed by atoms with Crippen LogP contribution in [0.3, 0.4) is 0 Å². The van der Waals surface area contributed by atoms with E-state index < -0.39 is 0 Å². The van der Waals surface area contributed by atoms with Gasteiger partial charge in [0.05, 0.1) is 17.7 Å². The van der Waals surface area contributed by atoms with Crippen LogP contribution in [0.4, 0.5) is 0 Å². The predicted molar refractivity (Wildman–Crippen MR) is 108 cm³/mol. The second-order valence-electron chi connectivity index (χ2n) is 8.65. The van der Waals surface area contributed by atoms with E-state index in [0.29, 0.717) is 17.6 Å². The van der Waals surface area contributed by atoms with E-state index in [0.717, 1.165) is 41.9 Å². The fourth-order valence-electron chi connectivity index (χ4n) is 4.53. The van der Waals surface area contributed by atoms with Crippen molar-refractivity contribution in [2.24, 2.45) is 18.9 Å². The minimum atomic E-state index is 0.0331. The molecular weight excluding hydrogens is 338 g/mol. The van der Waals surface area contributed by atoms with Crippen LogP contribution in [-0.2, 0) is 20.0 Å². The van der Waals surface area contributed by atoms with Crippen molar-refractivity contribution in [3.05, 3.63) is 28.1 Å². The summed E-state index contributed by atoms with van der Waals surface area (Å²) in [5.74, 6) is 1.95. The molecule has 3 aromatic heterocycles. The van der Waals surface area contributed by atoms with Crippen molar-refractivity contribution in [2.45, 2.75) is 72.3 Å². The average molecular weight is 370 g/mol. The molecule has 6 heteroatoms. The van der Waals surface area contributed by atoms with Crippen LogP contribution in [0.15, 0.2) is 11.1 Å². The number of aryl methyl sites for hydroxylation is 3. The molecule has 0 bridgehead atoms. The standard InChI is InChI=1S/C21H31N5O/c1-14(2)10-11-17-15(3)23-21-24(4)19-18(20(27)26(17)21)25(13-22-19)12-16-8-6-5-7-9-16/h13-14,16H,5-12H2,1-4H3. The summed E-state index contributed by atoms with van der Waals surface area (Å²) >= 11 is 0. The lowest BCUT2D eigenvalue weighted by Crippen LogP contribution is -2.23. The van der Waals surface area contributed by atoms with Gasteiger partial charge in [0.1, 0.15) is 0 Å². The Hall–Kier alpha value is -2.11. The molecule has 0 aromatic carbocycles. The molecule has 1 aliphatic rings. The number of hydrogen-bond donors (Lipinski definition) is 0. The molecule has 1 fully saturated rings. The van der Waals surface area contributed by atoms with Crippen molar-refractivity contribution in [1.29, 1.82) is 0 Å². The van der Waals surface area contributed by atoms with Crippen LogP contribution in [0.25, 0.3) is 16.9 Å². The van der Waals surface area contributed by atoms with E-state index in [2.05, 4.69) is 23.4 Å². The Labute approximate surface area is 160 Å². The summed E-state index contributed by atoms with van der Waals surface area (Å²) < 4.78 is 5.90. The molecule has 1 saturated carbocycles. The fourth-order valence-corrected chi connectivity index (χ4v) is 4.53. The van der Waals surface area contributed by atoms with Crippen LogP contribution in [0, 0.1) is 18.8 Å². The van der Waals surface area contributed by atoms with Gasteiger partial charge in [-0.1, -0.05) is 33.1 Å². The molecule has 0 radical (unpaired) electrons. The first-order chi connectivity index (χ1) is 13.0. The average Bonchev–Trinajstić information content (AvgIpc) is 3.20. The van der Waals surface area contributed by atoms with Gasteiger partial charge in [0.25, 0.3) is 5.56 Å². The molecule has 0 atom stereocenters. The van der Waals surface area contributed by atoms with Gasteiger partial charge in [0.15, 0.2) is 11.2 Å². The lowest BCUT2D eigenvalue weighted by atomic mass is 9.89. The van der Waals surface area contributed by atoms with E-state index in [-0.39, 0.29) is 5.56 Å². The van der Waals surface area contributed by atoms with Gasteiger partial charge >= 0.3 is 0 Å². The maximum Gasteiger partial charge on any atom is 0.285 e. The zero-order valence-corrected chi connectivity index (χ0v) is 17.0. The second-order valence-corrected chi connectivity index (χ2v) is 8.65. The third kappa shape index (κ3) is 3.19. The Balaban J connectivity index is 1.85. The first-order valence-electron chi connectivity index (χ1n) is 10.4. The molecule has 27 heavy (non-hydrogen) atoms. The maximum atomic E-state index is 13.5. The van der Waals surface area contributed by atoms with E-state index in [1.807, 2.05) is 29.3 Å². The van der Waals surface area contributed by atoms with Crippen LogP contribution in [0.2, 0.25) is 0 Å². The molecule has 4 rings (SSSR count). The lowest BCUT2D eigenvalue weighted by Gasteiger charge is -2.22. The van der Waals surface area contributed by atoms with E-state index in [9.17, 15) is 4.79 Å². The summed E-state index contributed by atoms with van der Waals surface area (Å²) in [6.07, 6.45) is 10.2. The van der Waals surface area contributed by atoms with Gasteiger partial charge in [-0.05, 0) is 44.4 Å². The Morgan fingerprint density at radius 2 is 1.96 bits per heavy atom. The largest absolute Gasteiger partial charge is 0.324 e. The minimum Gasteiger partial charge on any atom is -0.324 e. The first kappa shape index (κ1) is 18.3. The number of nitrogens with zero attached hydrogens (tertiary/aromatic N) is 5. The highest BCUT2D eigenvalue weighted by Crippen LogP contribution is 2.26. The highest BCUT2D eigenvalue weighted by atomic mass is 16.1. The maximum absolute atomic E-state index is 13.5. The molecule has 0 unspecified atom stereocenters. The van der Waals surface area contributed by atoms with Crippen molar-refractivity contribution < 1.29 is 0 Å². The number of rotatable bonds is 5. The molecule has 3 heterocycles. The quantitative estimate of drug-likeness (QED) is 0.686. The number of aromatic nitrogens is 5. The van der Waals surface area contributed by atoms with Crippen LogP contribution < -0.4 is 5.56 Å². The van der Waals surface area contributed by atoms with Crippen LogP contribution >= 0.6 is 0 Å². The van der Waals surface area contributed by atoms with E-state index in [4.69, 9.17) is 4.98 Å². The zero-order valence-electron chi connectivity index (χ0n) is 17.0. The monoisotopic (exact) mass is 369 g/mol. The van der Waals surface area contributed by atoms with Crippen molar-refractivity contribution >= 4 is 16.9 Å². The van der Waals surface area contributed by atoms with Crippen LogP contribution in [-0.4, -0.2) is 23.5 Å². The molecule has 0 saturated heterocycles. The van der Waals surface area contributed by atoms with Crippen molar-refractivity contribution in [3.63, 3.8) is 0 Å². The highest BCUT2D eigenvalue weighted by Gasteiger charge is 2.21. The summed E-state index contributed by atoms with van der Waals surface area (Å²) in [6, 6.07) is 0. The summed E-state index contributed by atoms with van der Waals surface area (Å²) in [7, 11) is 1.97. The third-order valence-corrected chi connectivity index (χ3v) is 6.14. The molecule has 3 aromatic rings. The van der Waals surface area contributed by atoms with Crippen LogP contribution in [0.1, 0.15) is 63.8 Å². The fraction of sp³-hybridized carbons (Fsp3) is 0.667. The summed E-state index contributed by atoms with van der Waals surface area (Å²) in [4.78, 5) is 22.8.